The summed E-state index contributed by atoms with van der Waals surface area (Å²) in [5, 5.41) is 0. The highest BCUT2D eigenvalue weighted by Gasteiger charge is 2.22. The van der Waals surface area contributed by atoms with Crippen molar-refractivity contribution < 1.29 is 9.53 Å². The molecule has 1 aromatic carbocycles. The van der Waals surface area contributed by atoms with Crippen LogP contribution < -0.4 is 4.74 Å². The Kier molecular flexibility index (Phi) is 2.83. The lowest BCUT2D eigenvalue weighted by Gasteiger charge is -2.11. The van der Waals surface area contributed by atoms with Gasteiger partial charge in [-0.2, -0.15) is 0 Å². The van der Waals surface area contributed by atoms with Crippen LogP contribution in [-0.2, 0) is 6.42 Å². The molecule has 1 aliphatic rings. The van der Waals surface area contributed by atoms with E-state index in [1.54, 1.807) is 0 Å². The molecule has 3 heteroatoms. The summed E-state index contributed by atoms with van der Waals surface area (Å²) in [7, 11) is 0. The van der Waals surface area contributed by atoms with Crippen molar-refractivity contribution in [1.29, 1.82) is 0 Å². The van der Waals surface area contributed by atoms with Crippen molar-refractivity contribution in [1.82, 2.24) is 0 Å². The average molecular weight is 269 g/mol. The zero-order valence-electron chi connectivity index (χ0n) is 8.84. The van der Waals surface area contributed by atoms with Crippen LogP contribution in [-0.4, -0.2) is 11.9 Å². The molecular formula is C12H13BrO2. The Bertz CT molecular complexity index is 410. The maximum Gasteiger partial charge on any atom is 0.163 e. The molecule has 2 rings (SSSR count). The van der Waals surface area contributed by atoms with Gasteiger partial charge in [-0.05, 0) is 38.0 Å². The third kappa shape index (κ3) is 2.07. The summed E-state index contributed by atoms with van der Waals surface area (Å²) in [5.74, 6) is 0.991. The van der Waals surface area contributed by atoms with Crippen molar-refractivity contribution >= 4 is 21.7 Å². The predicted molar refractivity (Wildman–Crippen MR) is 62.6 cm³/mol. The number of Topliss-reactive ketones (excluding diaryl/α,β-unsaturated/α-hetero) is 1. The third-order valence-electron chi connectivity index (χ3n) is 2.44. The molecule has 0 saturated heterocycles. The molecule has 0 unspecified atom stereocenters. The Balaban J connectivity index is 2.41. The molecule has 0 fully saturated rings. The van der Waals surface area contributed by atoms with E-state index in [1.807, 2.05) is 26.0 Å². The number of carbonyl (C=O) groups excluding carboxylic acids is 1. The minimum Gasteiger partial charge on any atom is -0.491 e. The maximum absolute atomic E-state index is 11.6. The van der Waals surface area contributed by atoms with Gasteiger partial charge in [0.15, 0.2) is 5.78 Å². The third-order valence-corrected chi connectivity index (χ3v) is 3.15. The summed E-state index contributed by atoms with van der Waals surface area (Å²) in [6.45, 7) is 3.95. The predicted octanol–water partition coefficient (Wildman–Crippen LogP) is 3.37. The molecule has 2 nitrogen and oxygen atoms in total. The van der Waals surface area contributed by atoms with Crippen LogP contribution in [0.1, 0.15) is 36.2 Å². The first-order valence-corrected chi connectivity index (χ1v) is 5.89. The van der Waals surface area contributed by atoms with Gasteiger partial charge in [-0.15, -0.1) is 0 Å². The number of ether oxygens (including phenoxy) is 1. The number of carbonyl (C=O) groups is 1. The molecule has 0 N–H and O–H groups in total. The van der Waals surface area contributed by atoms with Crippen molar-refractivity contribution in [3.8, 4) is 5.75 Å². The topological polar surface area (TPSA) is 26.3 Å². The van der Waals surface area contributed by atoms with E-state index in [4.69, 9.17) is 4.74 Å². The number of fused-ring (bicyclic) bond motifs is 1. The first kappa shape index (κ1) is 10.7. The molecule has 0 heterocycles. The second-order valence-electron chi connectivity index (χ2n) is 4.02. The fourth-order valence-corrected chi connectivity index (χ4v) is 2.47. The van der Waals surface area contributed by atoms with E-state index >= 15 is 0 Å². The Labute approximate surface area is 97.8 Å². The summed E-state index contributed by atoms with van der Waals surface area (Å²) in [6, 6.07) is 3.80. The highest BCUT2D eigenvalue weighted by Crippen LogP contribution is 2.33. The highest BCUT2D eigenvalue weighted by atomic mass is 79.9. The number of hydrogen-bond acceptors (Lipinski definition) is 2. The van der Waals surface area contributed by atoms with Crippen LogP contribution >= 0.6 is 15.9 Å². The number of rotatable bonds is 2. The lowest BCUT2D eigenvalue weighted by atomic mass is 10.1. The second kappa shape index (κ2) is 3.97. The highest BCUT2D eigenvalue weighted by molar-refractivity contribution is 9.10. The van der Waals surface area contributed by atoms with E-state index in [1.165, 1.54) is 0 Å². The Morgan fingerprint density at radius 3 is 2.73 bits per heavy atom. The minimum absolute atomic E-state index is 0.131. The summed E-state index contributed by atoms with van der Waals surface area (Å²) in [6.07, 6.45) is 1.60. The zero-order chi connectivity index (χ0) is 11.0. The molecule has 1 aromatic rings. The first-order chi connectivity index (χ1) is 7.08. The van der Waals surface area contributed by atoms with Gasteiger partial charge in [-0.1, -0.05) is 15.9 Å². The van der Waals surface area contributed by atoms with Gasteiger partial charge in [0, 0.05) is 16.5 Å². The van der Waals surface area contributed by atoms with Crippen LogP contribution in [0.2, 0.25) is 0 Å². The van der Waals surface area contributed by atoms with Crippen molar-refractivity contribution in [3.63, 3.8) is 0 Å². The van der Waals surface area contributed by atoms with Gasteiger partial charge in [0.05, 0.1) is 6.10 Å². The summed E-state index contributed by atoms with van der Waals surface area (Å²) >= 11 is 3.48. The standard InChI is InChI=1S/C12H13BrO2/c1-7(2)15-8-5-10-9(11(13)6-8)3-4-12(10)14/h5-7H,3-4H2,1-2H3. The largest absolute Gasteiger partial charge is 0.491 e. The lowest BCUT2D eigenvalue weighted by molar-refractivity contribution is 0.0994. The number of ketones is 1. The van der Waals surface area contributed by atoms with Crippen LogP contribution in [0.5, 0.6) is 5.75 Å². The zero-order valence-corrected chi connectivity index (χ0v) is 10.4. The number of hydrogen-bond donors (Lipinski definition) is 0. The van der Waals surface area contributed by atoms with Gasteiger partial charge in [0.1, 0.15) is 5.75 Å². The van der Waals surface area contributed by atoms with Crippen LogP contribution in [0.25, 0.3) is 0 Å². The van der Waals surface area contributed by atoms with E-state index in [2.05, 4.69) is 15.9 Å². The monoisotopic (exact) mass is 268 g/mol. The van der Waals surface area contributed by atoms with Gasteiger partial charge in [0.25, 0.3) is 0 Å². The minimum atomic E-state index is 0.131. The van der Waals surface area contributed by atoms with Gasteiger partial charge in [-0.3, -0.25) is 4.79 Å². The molecule has 1 aliphatic carbocycles. The van der Waals surface area contributed by atoms with E-state index < -0.39 is 0 Å². The molecule has 0 atom stereocenters. The van der Waals surface area contributed by atoms with Crippen molar-refractivity contribution in [3.05, 3.63) is 27.7 Å². The van der Waals surface area contributed by atoms with Crippen LogP contribution in [0.4, 0.5) is 0 Å². The number of halogens is 1. The van der Waals surface area contributed by atoms with Crippen LogP contribution in [0.3, 0.4) is 0 Å². The molecule has 0 aromatic heterocycles. The SMILES string of the molecule is CC(C)Oc1cc(Br)c2c(c1)C(=O)CC2. The Morgan fingerprint density at radius 1 is 1.33 bits per heavy atom. The molecule has 0 radical (unpaired) electrons. The maximum atomic E-state index is 11.6. The van der Waals surface area contributed by atoms with E-state index in [-0.39, 0.29) is 11.9 Å². The first-order valence-electron chi connectivity index (χ1n) is 5.10. The molecule has 0 saturated carbocycles. The van der Waals surface area contributed by atoms with Crippen LogP contribution in [0, 0.1) is 0 Å². The molecule has 80 valence electrons. The summed E-state index contributed by atoms with van der Waals surface area (Å²) in [4.78, 5) is 11.6. The molecule has 0 bridgehead atoms. The summed E-state index contributed by atoms with van der Waals surface area (Å²) in [5.41, 5.74) is 1.94. The molecular weight excluding hydrogens is 256 g/mol. The smallest absolute Gasteiger partial charge is 0.163 e. The Hall–Kier alpha value is -0.830. The van der Waals surface area contributed by atoms with Crippen molar-refractivity contribution in [2.24, 2.45) is 0 Å². The van der Waals surface area contributed by atoms with E-state index in [9.17, 15) is 4.79 Å². The second-order valence-corrected chi connectivity index (χ2v) is 4.88. The summed E-state index contributed by atoms with van der Waals surface area (Å²) < 4.78 is 6.57. The molecule has 0 amide bonds. The molecule has 15 heavy (non-hydrogen) atoms. The molecule has 0 aliphatic heterocycles. The van der Waals surface area contributed by atoms with Crippen molar-refractivity contribution in [2.45, 2.75) is 32.8 Å². The van der Waals surface area contributed by atoms with Gasteiger partial charge in [0.2, 0.25) is 0 Å². The normalized spacial score (nSPS) is 14.5. The lowest BCUT2D eigenvalue weighted by Crippen LogP contribution is -2.06. The van der Waals surface area contributed by atoms with Gasteiger partial charge in [-0.25, -0.2) is 0 Å². The van der Waals surface area contributed by atoms with Crippen LogP contribution in [0.15, 0.2) is 16.6 Å². The van der Waals surface area contributed by atoms with E-state index in [0.29, 0.717) is 6.42 Å². The van der Waals surface area contributed by atoms with Crippen molar-refractivity contribution in [2.75, 3.05) is 0 Å². The van der Waals surface area contributed by atoms with Gasteiger partial charge < -0.3 is 4.74 Å². The average Bonchev–Trinajstić information content (AvgIpc) is 2.47. The number of benzene rings is 1. The quantitative estimate of drug-likeness (QED) is 0.822. The van der Waals surface area contributed by atoms with Gasteiger partial charge >= 0.3 is 0 Å². The fraction of sp³-hybridized carbons (Fsp3) is 0.417. The molecule has 0 spiro atoms. The van der Waals surface area contributed by atoms with E-state index in [0.717, 1.165) is 27.8 Å². The fourth-order valence-electron chi connectivity index (χ4n) is 1.83. The Morgan fingerprint density at radius 2 is 2.07 bits per heavy atom.